The lowest BCUT2D eigenvalue weighted by atomic mass is 10.1. The van der Waals surface area contributed by atoms with Crippen molar-refractivity contribution >= 4 is 18.3 Å². The van der Waals surface area contributed by atoms with Crippen molar-refractivity contribution < 1.29 is 4.79 Å². The first kappa shape index (κ1) is 16.0. The van der Waals surface area contributed by atoms with Gasteiger partial charge in [-0.2, -0.15) is 0 Å². The fourth-order valence-electron chi connectivity index (χ4n) is 3.26. The number of benzene rings is 1. The van der Waals surface area contributed by atoms with E-state index in [-0.39, 0.29) is 18.3 Å². The number of carbonyl (C=O) groups excluding carboxylic acids is 1. The molecule has 1 N–H and O–H groups in total. The molecule has 2 aromatic rings. The predicted molar refractivity (Wildman–Crippen MR) is 88.4 cm³/mol. The second-order valence-electron chi connectivity index (χ2n) is 5.99. The van der Waals surface area contributed by atoms with Gasteiger partial charge in [-0.3, -0.25) is 4.79 Å². The number of nitrogens with one attached hydrogen (secondary N) is 1. The van der Waals surface area contributed by atoms with E-state index in [9.17, 15) is 4.79 Å². The van der Waals surface area contributed by atoms with E-state index in [1.54, 1.807) is 6.20 Å². The Labute approximate surface area is 141 Å². The van der Waals surface area contributed by atoms with Gasteiger partial charge in [-0.25, -0.2) is 4.68 Å². The smallest absolute Gasteiger partial charge is 0.276 e. The largest absolute Gasteiger partial charge is 0.329 e. The molecule has 6 nitrogen and oxygen atoms in total. The SMILES string of the molecule is Cl.O=C(c1cn(C2CCNCC2)nn1)N1Cc2ccccc2C1. The minimum absolute atomic E-state index is 0. The van der Waals surface area contributed by atoms with Gasteiger partial charge in [0, 0.05) is 13.1 Å². The lowest BCUT2D eigenvalue weighted by Crippen LogP contribution is -2.29. The average molecular weight is 334 g/mol. The number of hydrogen-bond donors (Lipinski definition) is 1. The van der Waals surface area contributed by atoms with Gasteiger partial charge in [0.05, 0.1) is 12.2 Å². The number of carbonyl (C=O) groups is 1. The van der Waals surface area contributed by atoms with E-state index >= 15 is 0 Å². The summed E-state index contributed by atoms with van der Waals surface area (Å²) in [6, 6.07) is 8.54. The minimum Gasteiger partial charge on any atom is -0.329 e. The van der Waals surface area contributed by atoms with Gasteiger partial charge in [0.2, 0.25) is 0 Å². The molecule has 23 heavy (non-hydrogen) atoms. The van der Waals surface area contributed by atoms with E-state index in [0.29, 0.717) is 24.8 Å². The van der Waals surface area contributed by atoms with Gasteiger partial charge in [-0.15, -0.1) is 17.5 Å². The standard InChI is InChI=1S/C16H19N5O.ClH/c22-16(20-9-12-3-1-2-4-13(12)10-20)15-11-21(19-18-15)14-5-7-17-8-6-14;/h1-4,11,14,17H,5-10H2;1H. The number of halogens is 1. The Kier molecular flexibility index (Phi) is 4.63. The molecule has 0 radical (unpaired) electrons. The Hall–Kier alpha value is -1.92. The summed E-state index contributed by atoms with van der Waals surface area (Å²) in [6.07, 6.45) is 3.87. The number of aromatic nitrogens is 3. The summed E-state index contributed by atoms with van der Waals surface area (Å²) in [5.41, 5.74) is 2.90. The lowest BCUT2D eigenvalue weighted by molar-refractivity contribution is 0.0745. The molecule has 0 saturated carbocycles. The summed E-state index contributed by atoms with van der Waals surface area (Å²) < 4.78 is 1.86. The highest BCUT2D eigenvalue weighted by Crippen LogP contribution is 2.24. The highest BCUT2D eigenvalue weighted by atomic mass is 35.5. The normalized spacial score (nSPS) is 17.7. The van der Waals surface area contributed by atoms with Gasteiger partial charge >= 0.3 is 0 Å². The molecule has 1 aromatic carbocycles. The minimum atomic E-state index is -0.0311. The molecule has 0 bridgehead atoms. The number of fused-ring (bicyclic) bond motifs is 1. The molecule has 7 heteroatoms. The van der Waals surface area contributed by atoms with Crippen LogP contribution in [0.4, 0.5) is 0 Å². The van der Waals surface area contributed by atoms with Crippen molar-refractivity contribution in [3.05, 3.63) is 47.3 Å². The first-order valence-corrected chi connectivity index (χ1v) is 7.80. The van der Waals surface area contributed by atoms with Crippen molar-refractivity contribution in [1.82, 2.24) is 25.2 Å². The number of amides is 1. The van der Waals surface area contributed by atoms with Crippen LogP contribution in [0.5, 0.6) is 0 Å². The van der Waals surface area contributed by atoms with Crippen LogP contribution in [0, 0.1) is 0 Å². The molecule has 1 fully saturated rings. The summed E-state index contributed by atoms with van der Waals surface area (Å²) in [4.78, 5) is 14.4. The van der Waals surface area contributed by atoms with Crippen LogP contribution >= 0.6 is 12.4 Å². The van der Waals surface area contributed by atoms with E-state index in [4.69, 9.17) is 0 Å². The Morgan fingerprint density at radius 2 is 1.78 bits per heavy atom. The maximum Gasteiger partial charge on any atom is 0.276 e. The number of hydrogen-bond acceptors (Lipinski definition) is 4. The van der Waals surface area contributed by atoms with E-state index < -0.39 is 0 Å². The number of piperidine rings is 1. The van der Waals surface area contributed by atoms with Crippen LogP contribution in [-0.4, -0.2) is 38.9 Å². The topological polar surface area (TPSA) is 63.1 Å². The summed E-state index contributed by atoms with van der Waals surface area (Å²) in [6.45, 7) is 3.31. The monoisotopic (exact) mass is 333 g/mol. The molecule has 0 spiro atoms. The van der Waals surface area contributed by atoms with E-state index in [0.717, 1.165) is 25.9 Å². The van der Waals surface area contributed by atoms with Crippen LogP contribution in [-0.2, 0) is 13.1 Å². The van der Waals surface area contributed by atoms with Crippen molar-refractivity contribution in [2.45, 2.75) is 32.0 Å². The molecule has 1 amide bonds. The molecule has 0 aliphatic carbocycles. The first-order valence-electron chi connectivity index (χ1n) is 7.80. The molecule has 2 aliphatic rings. The van der Waals surface area contributed by atoms with Crippen LogP contribution in [0.15, 0.2) is 30.5 Å². The highest BCUT2D eigenvalue weighted by molar-refractivity contribution is 5.92. The number of rotatable bonds is 2. The molecule has 2 aliphatic heterocycles. The zero-order valence-corrected chi connectivity index (χ0v) is 13.6. The Bertz CT molecular complexity index is 670. The molecule has 0 unspecified atom stereocenters. The van der Waals surface area contributed by atoms with Crippen LogP contribution in [0.25, 0.3) is 0 Å². The molecule has 3 heterocycles. The third-order valence-corrected chi connectivity index (χ3v) is 4.54. The Morgan fingerprint density at radius 1 is 1.13 bits per heavy atom. The summed E-state index contributed by atoms with van der Waals surface area (Å²) in [5, 5.41) is 11.6. The summed E-state index contributed by atoms with van der Waals surface area (Å²) in [5.74, 6) is -0.0311. The van der Waals surface area contributed by atoms with Crippen LogP contribution in [0.3, 0.4) is 0 Å². The molecule has 122 valence electrons. The van der Waals surface area contributed by atoms with Crippen LogP contribution < -0.4 is 5.32 Å². The van der Waals surface area contributed by atoms with Crippen molar-refractivity contribution in [2.75, 3.05) is 13.1 Å². The molecule has 1 saturated heterocycles. The predicted octanol–water partition coefficient (Wildman–Crippen LogP) is 1.78. The molecule has 0 atom stereocenters. The van der Waals surface area contributed by atoms with Crippen molar-refractivity contribution in [3.8, 4) is 0 Å². The van der Waals surface area contributed by atoms with Gasteiger partial charge in [0.1, 0.15) is 0 Å². The fraction of sp³-hybridized carbons (Fsp3) is 0.438. The Morgan fingerprint density at radius 3 is 2.43 bits per heavy atom. The van der Waals surface area contributed by atoms with Gasteiger partial charge in [0.15, 0.2) is 5.69 Å². The molecular formula is C16H20ClN5O. The second kappa shape index (κ2) is 6.68. The van der Waals surface area contributed by atoms with Crippen molar-refractivity contribution in [2.24, 2.45) is 0 Å². The fourth-order valence-corrected chi connectivity index (χ4v) is 3.26. The van der Waals surface area contributed by atoms with Crippen molar-refractivity contribution in [1.29, 1.82) is 0 Å². The zero-order chi connectivity index (χ0) is 14.9. The second-order valence-corrected chi connectivity index (χ2v) is 5.99. The molecule has 1 aromatic heterocycles. The zero-order valence-electron chi connectivity index (χ0n) is 12.8. The van der Waals surface area contributed by atoms with Crippen LogP contribution in [0.2, 0.25) is 0 Å². The van der Waals surface area contributed by atoms with Gasteiger partial charge in [-0.05, 0) is 37.1 Å². The maximum atomic E-state index is 12.6. The van der Waals surface area contributed by atoms with E-state index in [2.05, 4.69) is 27.8 Å². The van der Waals surface area contributed by atoms with Gasteiger partial charge in [0.25, 0.3) is 5.91 Å². The van der Waals surface area contributed by atoms with E-state index in [1.807, 2.05) is 21.7 Å². The third kappa shape index (κ3) is 3.09. The average Bonchev–Trinajstić information content (AvgIpc) is 3.22. The summed E-state index contributed by atoms with van der Waals surface area (Å²) >= 11 is 0. The number of nitrogens with zero attached hydrogens (tertiary/aromatic N) is 4. The third-order valence-electron chi connectivity index (χ3n) is 4.54. The van der Waals surface area contributed by atoms with E-state index in [1.165, 1.54) is 11.1 Å². The lowest BCUT2D eigenvalue weighted by Gasteiger charge is -2.22. The van der Waals surface area contributed by atoms with Crippen molar-refractivity contribution in [3.63, 3.8) is 0 Å². The van der Waals surface area contributed by atoms with Crippen LogP contribution in [0.1, 0.15) is 40.5 Å². The Balaban J connectivity index is 0.00000156. The maximum absolute atomic E-state index is 12.6. The molecule has 4 rings (SSSR count). The van der Waals surface area contributed by atoms with Gasteiger partial charge in [-0.1, -0.05) is 29.5 Å². The quantitative estimate of drug-likeness (QED) is 0.910. The van der Waals surface area contributed by atoms with Gasteiger partial charge < -0.3 is 10.2 Å². The highest BCUT2D eigenvalue weighted by Gasteiger charge is 2.26. The molecular weight excluding hydrogens is 314 g/mol. The summed E-state index contributed by atoms with van der Waals surface area (Å²) in [7, 11) is 0. The first-order chi connectivity index (χ1) is 10.8.